The number of ketones is 1. The molecule has 2 saturated heterocycles. The van der Waals surface area contributed by atoms with Gasteiger partial charge in [-0.1, -0.05) is 18.2 Å². The second-order valence-electron chi connectivity index (χ2n) is 10.9. The van der Waals surface area contributed by atoms with E-state index in [0.29, 0.717) is 11.1 Å². The first-order chi connectivity index (χ1) is 20.9. The number of rotatable bonds is 11. The summed E-state index contributed by atoms with van der Waals surface area (Å²) in [6, 6.07) is 8.19. The Morgan fingerprint density at radius 1 is 0.841 bits per heavy atom. The molecular weight excluding hydrogens is 584 g/mol. The highest BCUT2D eigenvalue weighted by molar-refractivity contribution is 5.93. The molecule has 44 heavy (non-hydrogen) atoms. The summed E-state index contributed by atoms with van der Waals surface area (Å²) in [5, 5.41) is 90.9. The van der Waals surface area contributed by atoms with Crippen molar-refractivity contribution in [1.82, 2.24) is 0 Å². The standard InChI is InChI=1S/C30H38O14/c1-14-24(37)25(38)26(39)30(42-14)44-28-18(12-17(32)5-2-15-3-6-19(33)21(35)10-15)23(13-31)43-29(27(28)40)41-9-8-16-4-7-20(34)22(36)11-16/h2-7,10-11,14,18,23-31,33-40H,8-9,12-13H2,1H3. The second kappa shape index (κ2) is 14.6. The highest BCUT2D eigenvalue weighted by Gasteiger charge is 2.51. The monoisotopic (exact) mass is 622 g/mol. The fraction of sp³-hybridized carbons (Fsp3) is 0.500. The SMILES string of the molecule is CC1OC(OC2C(O)C(OCCc3ccc(O)c(O)c3)OC(CO)C2CC(=O)C=Cc2ccc(O)c(O)c2)C(O)C(O)C1O. The van der Waals surface area contributed by atoms with Gasteiger partial charge in [0.05, 0.1) is 31.5 Å². The van der Waals surface area contributed by atoms with Crippen molar-refractivity contribution >= 4 is 11.9 Å². The molecule has 14 heteroatoms. The van der Waals surface area contributed by atoms with Crippen LogP contribution in [0.4, 0.5) is 0 Å². The zero-order chi connectivity index (χ0) is 32.1. The van der Waals surface area contributed by atoms with E-state index in [1.165, 1.54) is 49.4 Å². The van der Waals surface area contributed by atoms with Gasteiger partial charge in [-0.2, -0.15) is 0 Å². The maximum Gasteiger partial charge on any atom is 0.186 e. The van der Waals surface area contributed by atoms with Crippen LogP contribution in [0.1, 0.15) is 24.5 Å². The number of phenols is 4. The summed E-state index contributed by atoms with van der Waals surface area (Å²) in [6.07, 6.45) is -10.1. The Hall–Kier alpha value is -3.31. The number of carbonyl (C=O) groups excluding carboxylic acids is 1. The Balaban J connectivity index is 1.52. The molecule has 2 aromatic carbocycles. The van der Waals surface area contributed by atoms with E-state index in [4.69, 9.17) is 18.9 Å². The quantitative estimate of drug-likeness (QED) is 0.115. The Morgan fingerprint density at radius 3 is 2.18 bits per heavy atom. The minimum absolute atomic E-state index is 0.0346. The first-order valence-corrected chi connectivity index (χ1v) is 14.0. The lowest BCUT2D eigenvalue weighted by atomic mass is 9.84. The van der Waals surface area contributed by atoms with Crippen molar-refractivity contribution in [1.29, 1.82) is 0 Å². The van der Waals surface area contributed by atoms with Gasteiger partial charge in [0.2, 0.25) is 0 Å². The number of aliphatic hydroxyl groups is 5. The molecular formula is C30H38O14. The zero-order valence-corrected chi connectivity index (χ0v) is 23.8. The van der Waals surface area contributed by atoms with Crippen LogP contribution in [0.5, 0.6) is 23.0 Å². The summed E-state index contributed by atoms with van der Waals surface area (Å²) >= 11 is 0. The number of phenolic OH excluding ortho intramolecular Hbond substituents is 4. The maximum absolute atomic E-state index is 13.0. The van der Waals surface area contributed by atoms with Gasteiger partial charge in [-0.3, -0.25) is 4.79 Å². The van der Waals surface area contributed by atoms with Gasteiger partial charge in [0.1, 0.15) is 24.4 Å². The largest absolute Gasteiger partial charge is 0.504 e. The van der Waals surface area contributed by atoms with Crippen molar-refractivity contribution in [3.63, 3.8) is 0 Å². The van der Waals surface area contributed by atoms with Crippen LogP contribution >= 0.6 is 0 Å². The maximum atomic E-state index is 13.0. The number of benzene rings is 2. The molecule has 10 atom stereocenters. The average Bonchev–Trinajstić information content (AvgIpc) is 2.99. The van der Waals surface area contributed by atoms with Gasteiger partial charge in [-0.15, -0.1) is 0 Å². The van der Waals surface area contributed by atoms with Crippen molar-refractivity contribution in [2.75, 3.05) is 13.2 Å². The summed E-state index contributed by atoms with van der Waals surface area (Å²) in [4.78, 5) is 13.0. The summed E-state index contributed by atoms with van der Waals surface area (Å²) in [5.74, 6) is -2.80. The number of ether oxygens (including phenoxy) is 4. The van der Waals surface area contributed by atoms with Crippen LogP contribution in [-0.2, 0) is 30.2 Å². The highest BCUT2D eigenvalue weighted by atomic mass is 16.7. The Morgan fingerprint density at radius 2 is 1.52 bits per heavy atom. The zero-order valence-electron chi connectivity index (χ0n) is 23.8. The first kappa shape index (κ1) is 33.6. The minimum atomic E-state index is -1.72. The normalized spacial score (nSPS) is 32.6. The van der Waals surface area contributed by atoms with Gasteiger partial charge in [0.15, 0.2) is 41.4 Å². The first-order valence-electron chi connectivity index (χ1n) is 14.0. The van der Waals surface area contributed by atoms with E-state index in [-0.39, 0.29) is 42.4 Å². The van der Waals surface area contributed by atoms with Crippen LogP contribution in [0.2, 0.25) is 0 Å². The summed E-state index contributed by atoms with van der Waals surface area (Å²) in [5.41, 5.74) is 1.02. The second-order valence-corrected chi connectivity index (χ2v) is 10.9. The molecule has 10 unspecified atom stereocenters. The highest BCUT2D eigenvalue weighted by Crippen LogP contribution is 2.35. The molecule has 2 heterocycles. The molecule has 242 valence electrons. The predicted octanol–water partition coefficient (Wildman–Crippen LogP) is -0.352. The number of aliphatic hydroxyl groups excluding tert-OH is 5. The van der Waals surface area contributed by atoms with Crippen molar-refractivity contribution in [3.8, 4) is 23.0 Å². The summed E-state index contributed by atoms with van der Waals surface area (Å²) in [6.45, 7) is 0.803. The van der Waals surface area contributed by atoms with E-state index in [0.717, 1.165) is 0 Å². The molecule has 4 rings (SSSR count). The van der Waals surface area contributed by atoms with E-state index in [2.05, 4.69) is 0 Å². The molecule has 0 aromatic heterocycles. The van der Waals surface area contributed by atoms with Crippen LogP contribution in [0, 0.1) is 5.92 Å². The van der Waals surface area contributed by atoms with Crippen molar-refractivity contribution in [2.45, 2.75) is 75.1 Å². The van der Waals surface area contributed by atoms with Gasteiger partial charge in [0.25, 0.3) is 0 Å². The van der Waals surface area contributed by atoms with Gasteiger partial charge in [-0.05, 0) is 54.8 Å². The van der Waals surface area contributed by atoms with E-state index in [1.54, 1.807) is 6.07 Å². The minimum Gasteiger partial charge on any atom is -0.504 e. The van der Waals surface area contributed by atoms with Gasteiger partial charge < -0.3 is 64.9 Å². The average molecular weight is 623 g/mol. The lowest BCUT2D eigenvalue weighted by Gasteiger charge is -2.47. The smallest absolute Gasteiger partial charge is 0.186 e. The number of hydrogen-bond acceptors (Lipinski definition) is 14. The molecule has 2 aliphatic rings. The molecule has 2 fully saturated rings. The van der Waals surface area contributed by atoms with Gasteiger partial charge >= 0.3 is 0 Å². The molecule has 2 aromatic rings. The fourth-order valence-electron chi connectivity index (χ4n) is 5.15. The summed E-state index contributed by atoms with van der Waals surface area (Å²) < 4.78 is 23.1. The number of hydrogen-bond donors (Lipinski definition) is 9. The number of aromatic hydroxyl groups is 4. The topological polar surface area (TPSA) is 236 Å². The van der Waals surface area contributed by atoms with Crippen LogP contribution in [0.25, 0.3) is 6.08 Å². The number of allylic oxidation sites excluding steroid dienone is 1. The van der Waals surface area contributed by atoms with E-state index >= 15 is 0 Å². The van der Waals surface area contributed by atoms with E-state index in [1.807, 2.05) is 0 Å². The lowest BCUT2D eigenvalue weighted by molar-refractivity contribution is -0.351. The predicted molar refractivity (Wildman–Crippen MR) is 150 cm³/mol. The Bertz CT molecular complexity index is 1300. The van der Waals surface area contributed by atoms with E-state index in [9.17, 15) is 50.8 Å². The van der Waals surface area contributed by atoms with Crippen LogP contribution in [0.3, 0.4) is 0 Å². The third kappa shape index (κ3) is 7.85. The van der Waals surface area contributed by atoms with Gasteiger partial charge in [-0.25, -0.2) is 0 Å². The van der Waals surface area contributed by atoms with Crippen molar-refractivity contribution in [3.05, 3.63) is 53.6 Å². The van der Waals surface area contributed by atoms with Crippen molar-refractivity contribution in [2.24, 2.45) is 5.92 Å². The van der Waals surface area contributed by atoms with Crippen molar-refractivity contribution < 1.29 is 69.7 Å². The molecule has 0 radical (unpaired) electrons. The molecule has 0 aliphatic carbocycles. The molecule has 2 aliphatic heterocycles. The Kier molecular flexibility index (Phi) is 11.2. The van der Waals surface area contributed by atoms with Gasteiger partial charge in [0, 0.05) is 12.3 Å². The lowest BCUT2D eigenvalue weighted by Crippen LogP contribution is -2.62. The third-order valence-corrected chi connectivity index (χ3v) is 7.71. The molecule has 9 N–H and O–H groups in total. The summed E-state index contributed by atoms with van der Waals surface area (Å²) in [7, 11) is 0. The van der Waals surface area contributed by atoms with Crippen LogP contribution in [0.15, 0.2) is 42.5 Å². The molecule has 0 spiro atoms. The number of carbonyl (C=O) groups is 1. The fourth-order valence-corrected chi connectivity index (χ4v) is 5.15. The molecule has 0 amide bonds. The third-order valence-electron chi connectivity index (χ3n) is 7.71. The van der Waals surface area contributed by atoms with Crippen LogP contribution < -0.4 is 0 Å². The molecule has 0 bridgehead atoms. The molecule has 14 nitrogen and oxygen atoms in total. The molecule has 0 saturated carbocycles. The van der Waals surface area contributed by atoms with E-state index < -0.39 is 73.6 Å². The Labute approximate surface area is 252 Å². The van der Waals surface area contributed by atoms with Crippen LogP contribution in [-0.4, -0.2) is 120 Å².